The number of halogens is 2. The lowest BCUT2D eigenvalue weighted by Gasteiger charge is -2.14. The van der Waals surface area contributed by atoms with Crippen LogP contribution in [-0.4, -0.2) is 41.0 Å². The van der Waals surface area contributed by atoms with E-state index >= 15 is 0 Å². The van der Waals surface area contributed by atoms with Crippen LogP contribution in [0.1, 0.15) is 0 Å². The summed E-state index contributed by atoms with van der Waals surface area (Å²) >= 11 is 11.9. The fraction of sp³-hybridized carbons (Fsp3) is 0. The molecule has 0 spiro atoms. The molecule has 0 aliphatic carbocycles. The van der Waals surface area contributed by atoms with E-state index in [1.807, 2.05) is 9.44 Å². The molecule has 0 fully saturated rings. The number of urea groups is 4. The maximum absolute atomic E-state index is 13.1. The zero-order chi connectivity index (χ0) is 43.6. The topological polar surface area (TPSA) is 242 Å². The Balaban J connectivity index is 0.989. The molecular formula is C40H32Cl2N8O9S2. The summed E-state index contributed by atoms with van der Waals surface area (Å²) in [5, 5.41) is 15.6. The Morgan fingerprint density at radius 3 is 1.13 bits per heavy atom. The molecule has 0 unspecified atom stereocenters. The first kappa shape index (κ1) is 43.3. The molecule has 0 aliphatic heterocycles. The van der Waals surface area contributed by atoms with Crippen LogP contribution in [-0.2, 0) is 20.0 Å². The molecule has 0 aliphatic rings. The van der Waals surface area contributed by atoms with Crippen molar-refractivity contribution in [3.8, 4) is 11.5 Å². The van der Waals surface area contributed by atoms with Crippen LogP contribution in [0.5, 0.6) is 11.5 Å². The summed E-state index contributed by atoms with van der Waals surface area (Å²) in [4.78, 5) is 49.9. The number of sulfonamides is 2. The molecule has 0 saturated carbocycles. The van der Waals surface area contributed by atoms with Crippen LogP contribution in [0, 0.1) is 0 Å². The number of carbonyl (C=O) groups excluding carboxylic acids is 4. The minimum absolute atomic E-state index is 0.0890. The summed E-state index contributed by atoms with van der Waals surface area (Å²) in [6.45, 7) is 0. The number of hydrogen-bond donors (Lipinski definition) is 8. The highest BCUT2D eigenvalue weighted by molar-refractivity contribution is 7.90. The van der Waals surface area contributed by atoms with Crippen LogP contribution < -0.4 is 46.1 Å². The second-order valence-corrected chi connectivity index (χ2v) is 16.6. The van der Waals surface area contributed by atoms with E-state index in [2.05, 4.69) is 31.9 Å². The van der Waals surface area contributed by atoms with Gasteiger partial charge < -0.3 is 36.6 Å². The van der Waals surface area contributed by atoms with Gasteiger partial charge in [-0.15, -0.1) is 0 Å². The van der Waals surface area contributed by atoms with E-state index in [1.165, 1.54) is 109 Å². The van der Waals surface area contributed by atoms with Crippen LogP contribution >= 0.6 is 23.2 Å². The molecule has 6 aromatic rings. The summed E-state index contributed by atoms with van der Waals surface area (Å²) in [6, 6.07) is 31.9. The van der Waals surface area contributed by atoms with Crippen molar-refractivity contribution in [2.75, 3.05) is 31.9 Å². The lowest BCUT2D eigenvalue weighted by atomic mass is 10.3. The van der Waals surface area contributed by atoms with Crippen molar-refractivity contribution in [1.29, 1.82) is 0 Å². The van der Waals surface area contributed by atoms with Crippen LogP contribution in [0.15, 0.2) is 155 Å². The van der Waals surface area contributed by atoms with Crippen LogP contribution in [0.3, 0.4) is 0 Å². The van der Waals surface area contributed by atoms with Gasteiger partial charge in [-0.3, -0.25) is 0 Å². The number of benzene rings is 6. The number of anilines is 6. The van der Waals surface area contributed by atoms with Gasteiger partial charge >= 0.3 is 24.1 Å². The number of ether oxygens (including phenoxy) is 1. The molecule has 0 atom stereocenters. The summed E-state index contributed by atoms with van der Waals surface area (Å²) in [5.41, 5.74) is 0.999. The molecule has 312 valence electrons. The van der Waals surface area contributed by atoms with Gasteiger partial charge in [0.05, 0.1) is 11.4 Å². The minimum atomic E-state index is -4.46. The Morgan fingerprint density at radius 1 is 0.393 bits per heavy atom. The highest BCUT2D eigenvalue weighted by atomic mass is 35.5. The van der Waals surface area contributed by atoms with Crippen molar-refractivity contribution in [2.24, 2.45) is 0 Å². The molecule has 17 nitrogen and oxygen atoms in total. The van der Waals surface area contributed by atoms with Crippen molar-refractivity contribution in [1.82, 2.24) is 9.44 Å². The van der Waals surface area contributed by atoms with Crippen molar-refractivity contribution < 1.29 is 40.8 Å². The predicted molar refractivity (Wildman–Crippen MR) is 233 cm³/mol. The van der Waals surface area contributed by atoms with Gasteiger partial charge in [0.2, 0.25) is 0 Å². The number of rotatable bonds is 12. The number of nitrogens with one attached hydrogen (secondary N) is 8. The molecule has 61 heavy (non-hydrogen) atoms. The van der Waals surface area contributed by atoms with E-state index in [0.717, 1.165) is 0 Å². The van der Waals surface area contributed by atoms with E-state index in [0.29, 0.717) is 32.9 Å². The monoisotopic (exact) mass is 902 g/mol. The summed E-state index contributed by atoms with van der Waals surface area (Å²) in [5.74, 6) is 0.653. The molecule has 0 bridgehead atoms. The Kier molecular flexibility index (Phi) is 13.6. The van der Waals surface area contributed by atoms with Gasteiger partial charge in [0.15, 0.2) is 0 Å². The largest absolute Gasteiger partial charge is 0.457 e. The molecule has 0 saturated heterocycles. The summed E-state index contributed by atoms with van der Waals surface area (Å²) < 4.78 is 62.2. The van der Waals surface area contributed by atoms with E-state index in [-0.39, 0.29) is 32.5 Å². The molecule has 6 rings (SSSR count). The first-order valence-corrected chi connectivity index (χ1v) is 21.2. The smallest absolute Gasteiger partial charge is 0.333 e. The second-order valence-electron chi connectivity index (χ2n) is 12.4. The molecule has 0 heterocycles. The van der Waals surface area contributed by atoms with Crippen molar-refractivity contribution >= 4 is 101 Å². The minimum Gasteiger partial charge on any atom is -0.457 e. The first-order valence-electron chi connectivity index (χ1n) is 17.5. The molecule has 6 aromatic carbocycles. The Morgan fingerprint density at radius 2 is 0.754 bits per heavy atom. The Hall–Kier alpha value is -7.32. The predicted octanol–water partition coefficient (Wildman–Crippen LogP) is 9.09. The number of carbonyl (C=O) groups is 4. The molecule has 0 aromatic heterocycles. The van der Waals surface area contributed by atoms with Crippen LogP contribution in [0.25, 0.3) is 0 Å². The molecule has 8 N–H and O–H groups in total. The Labute approximate surface area is 358 Å². The van der Waals surface area contributed by atoms with E-state index < -0.39 is 44.2 Å². The SMILES string of the molecule is O=C(Nc1cccc(Cl)c1)Nc1ccccc1S(=O)(=O)NC(=O)Nc1ccc(Oc2ccc(NC(=O)NS(=O)(=O)c3ccccc3NC(=O)Nc3cccc(Cl)c3)cc2)cc1. The lowest BCUT2D eigenvalue weighted by Crippen LogP contribution is -2.35. The summed E-state index contributed by atoms with van der Waals surface area (Å²) in [7, 11) is -8.93. The lowest BCUT2D eigenvalue weighted by molar-refractivity contribution is 0.255. The average Bonchev–Trinajstić information content (AvgIpc) is 3.19. The van der Waals surface area contributed by atoms with Gasteiger partial charge in [0, 0.05) is 32.8 Å². The van der Waals surface area contributed by atoms with Crippen molar-refractivity contribution in [2.45, 2.75) is 9.79 Å². The maximum Gasteiger partial charge on any atom is 0.333 e. The normalized spacial score (nSPS) is 11.0. The van der Waals surface area contributed by atoms with E-state index in [4.69, 9.17) is 27.9 Å². The zero-order valence-corrected chi connectivity index (χ0v) is 34.2. The highest BCUT2D eigenvalue weighted by Gasteiger charge is 2.24. The Bertz CT molecular complexity index is 2640. The summed E-state index contributed by atoms with van der Waals surface area (Å²) in [6.07, 6.45) is 0. The van der Waals surface area contributed by atoms with Gasteiger partial charge in [-0.25, -0.2) is 45.5 Å². The number of amides is 8. The third kappa shape index (κ3) is 12.3. The molecule has 21 heteroatoms. The molecule has 8 amide bonds. The number of hydrogen-bond acceptors (Lipinski definition) is 9. The molecular weight excluding hydrogens is 872 g/mol. The quantitative estimate of drug-likeness (QED) is 0.0583. The molecule has 0 radical (unpaired) electrons. The second kappa shape index (κ2) is 19.2. The fourth-order valence-electron chi connectivity index (χ4n) is 5.33. The van der Waals surface area contributed by atoms with Crippen LogP contribution in [0.2, 0.25) is 10.0 Å². The van der Waals surface area contributed by atoms with Crippen LogP contribution in [0.4, 0.5) is 53.3 Å². The van der Waals surface area contributed by atoms with Gasteiger partial charge in [0.1, 0.15) is 21.3 Å². The van der Waals surface area contributed by atoms with Gasteiger partial charge in [0.25, 0.3) is 20.0 Å². The van der Waals surface area contributed by atoms with Crippen molar-refractivity contribution in [3.05, 3.63) is 156 Å². The van der Waals surface area contributed by atoms with Crippen molar-refractivity contribution in [3.63, 3.8) is 0 Å². The van der Waals surface area contributed by atoms with Gasteiger partial charge in [-0.05, 0) is 109 Å². The number of para-hydroxylation sites is 2. The van der Waals surface area contributed by atoms with E-state index in [1.54, 1.807) is 36.4 Å². The third-order valence-electron chi connectivity index (χ3n) is 7.93. The van der Waals surface area contributed by atoms with Gasteiger partial charge in [-0.1, -0.05) is 59.6 Å². The average molecular weight is 904 g/mol. The first-order chi connectivity index (χ1) is 29.1. The van der Waals surface area contributed by atoms with Gasteiger partial charge in [-0.2, -0.15) is 0 Å². The zero-order valence-electron chi connectivity index (χ0n) is 31.1. The maximum atomic E-state index is 13.1. The standard InChI is InChI=1S/C40H32Cl2N8O9S2/c41-25-7-5-9-29(23-25)45-37(51)47-33-11-1-3-13-35(33)60(55,56)49-39(53)43-27-15-19-31(20-16-27)59-32-21-17-28(18-22-32)44-40(54)50-61(57,58)36-14-4-2-12-34(36)48-38(52)46-30-10-6-8-26(42)24-30/h1-24H,(H2,43,49,53)(H2,44,50,54)(H2,45,47,51)(H2,46,48,52). The highest BCUT2D eigenvalue weighted by Crippen LogP contribution is 2.27. The third-order valence-corrected chi connectivity index (χ3v) is 11.2. The fourth-order valence-corrected chi connectivity index (χ4v) is 7.85. The van der Waals surface area contributed by atoms with E-state index in [9.17, 15) is 36.0 Å².